The fourth-order valence-electron chi connectivity index (χ4n) is 4.36. The number of benzene rings is 3. The highest BCUT2D eigenvalue weighted by Gasteiger charge is 2.33. The molecule has 0 spiro atoms. The summed E-state index contributed by atoms with van der Waals surface area (Å²) in [6.45, 7) is 10.4. The fourth-order valence-corrected chi connectivity index (χ4v) is 6.28. The van der Waals surface area contributed by atoms with E-state index in [0.29, 0.717) is 27.7 Å². The predicted octanol–water partition coefficient (Wildman–Crippen LogP) is 6.45. The molecular weight excluding hydrogens is 581 g/mol. The van der Waals surface area contributed by atoms with Gasteiger partial charge in [0.05, 0.1) is 10.6 Å². The van der Waals surface area contributed by atoms with Gasteiger partial charge >= 0.3 is 0 Å². The summed E-state index contributed by atoms with van der Waals surface area (Å²) in [5, 5.41) is 3.58. The maximum Gasteiger partial charge on any atom is 0.264 e. The lowest BCUT2D eigenvalue weighted by atomic mass is 10.1. The molecule has 0 saturated heterocycles. The van der Waals surface area contributed by atoms with Gasteiger partial charge in [-0.15, -0.1) is 0 Å². The van der Waals surface area contributed by atoms with E-state index < -0.39 is 28.5 Å². The summed E-state index contributed by atoms with van der Waals surface area (Å²) in [6.07, 6.45) is 0.706. The number of nitrogens with one attached hydrogen (secondary N) is 1. The van der Waals surface area contributed by atoms with E-state index in [1.807, 2.05) is 40.7 Å². The molecule has 7 nitrogen and oxygen atoms in total. The maximum atomic E-state index is 14.1. The van der Waals surface area contributed by atoms with Gasteiger partial charge in [-0.1, -0.05) is 60.0 Å². The SMILES string of the molecule is CC[C@@H](C)NC(=O)[C@@H](C)N(Cc1c(Cl)cccc1Cl)C(=O)CN(c1cc(C)cc(C)c1)S(=O)(=O)c1ccc(C)cc1. The van der Waals surface area contributed by atoms with Crippen LogP contribution in [0.4, 0.5) is 5.69 Å². The first-order valence-electron chi connectivity index (χ1n) is 13.4. The van der Waals surface area contributed by atoms with Crippen LogP contribution in [0.25, 0.3) is 0 Å². The number of carbonyl (C=O) groups is 2. The van der Waals surface area contributed by atoms with E-state index in [2.05, 4.69) is 5.32 Å². The molecule has 3 aromatic rings. The van der Waals surface area contributed by atoms with E-state index in [9.17, 15) is 18.0 Å². The Morgan fingerprint density at radius 3 is 1.98 bits per heavy atom. The lowest BCUT2D eigenvalue weighted by molar-refractivity contribution is -0.139. The zero-order valence-electron chi connectivity index (χ0n) is 24.2. The Labute approximate surface area is 253 Å². The first-order valence-corrected chi connectivity index (χ1v) is 15.6. The molecule has 0 radical (unpaired) electrons. The minimum Gasteiger partial charge on any atom is -0.352 e. The van der Waals surface area contributed by atoms with Gasteiger partial charge in [0.15, 0.2) is 0 Å². The van der Waals surface area contributed by atoms with Gasteiger partial charge in [-0.25, -0.2) is 8.42 Å². The van der Waals surface area contributed by atoms with Crippen molar-refractivity contribution in [3.63, 3.8) is 0 Å². The molecule has 0 heterocycles. The van der Waals surface area contributed by atoms with E-state index in [1.165, 1.54) is 17.0 Å². The first-order chi connectivity index (χ1) is 19.2. The molecule has 220 valence electrons. The summed E-state index contributed by atoms with van der Waals surface area (Å²) in [5.74, 6) is -0.946. The summed E-state index contributed by atoms with van der Waals surface area (Å²) in [5.41, 5.74) is 3.41. The van der Waals surface area contributed by atoms with Crippen LogP contribution in [0.5, 0.6) is 0 Å². The van der Waals surface area contributed by atoms with Gasteiger partial charge in [0, 0.05) is 28.2 Å². The van der Waals surface area contributed by atoms with Gasteiger partial charge in [-0.3, -0.25) is 13.9 Å². The van der Waals surface area contributed by atoms with Crippen molar-refractivity contribution in [1.29, 1.82) is 0 Å². The van der Waals surface area contributed by atoms with Crippen LogP contribution in [0.3, 0.4) is 0 Å². The summed E-state index contributed by atoms with van der Waals surface area (Å²) in [4.78, 5) is 28.7. The van der Waals surface area contributed by atoms with Crippen molar-refractivity contribution in [3.8, 4) is 0 Å². The lowest BCUT2D eigenvalue weighted by Gasteiger charge is -2.33. The Hall–Kier alpha value is -3.07. The van der Waals surface area contributed by atoms with Crippen LogP contribution in [-0.2, 0) is 26.2 Å². The van der Waals surface area contributed by atoms with E-state index in [0.717, 1.165) is 21.0 Å². The largest absolute Gasteiger partial charge is 0.352 e. The molecule has 1 N–H and O–H groups in total. The van der Waals surface area contributed by atoms with Crippen LogP contribution < -0.4 is 9.62 Å². The molecule has 41 heavy (non-hydrogen) atoms. The molecule has 2 atom stereocenters. The first kappa shape index (κ1) is 32.4. The highest BCUT2D eigenvalue weighted by Crippen LogP contribution is 2.29. The average molecular weight is 619 g/mol. The molecule has 3 aromatic carbocycles. The van der Waals surface area contributed by atoms with Crippen LogP contribution in [-0.4, -0.2) is 43.8 Å². The van der Waals surface area contributed by atoms with Crippen molar-refractivity contribution >= 4 is 50.7 Å². The van der Waals surface area contributed by atoms with Gasteiger partial charge < -0.3 is 10.2 Å². The lowest BCUT2D eigenvalue weighted by Crippen LogP contribution is -2.52. The van der Waals surface area contributed by atoms with Crippen molar-refractivity contribution in [2.45, 2.75) is 71.5 Å². The van der Waals surface area contributed by atoms with E-state index in [1.54, 1.807) is 49.4 Å². The van der Waals surface area contributed by atoms with Crippen LogP contribution >= 0.6 is 23.2 Å². The number of rotatable bonds is 11. The molecule has 0 bridgehead atoms. The Bertz CT molecular complexity index is 1470. The van der Waals surface area contributed by atoms with E-state index in [4.69, 9.17) is 23.2 Å². The molecule has 2 amide bonds. The minimum absolute atomic E-state index is 0.0540. The Morgan fingerprint density at radius 2 is 1.44 bits per heavy atom. The molecule has 0 aliphatic carbocycles. The molecular formula is C31H37Cl2N3O4S. The van der Waals surface area contributed by atoms with Gasteiger partial charge in [-0.05, 0) is 88.6 Å². The third-order valence-corrected chi connectivity index (χ3v) is 9.44. The molecule has 0 unspecified atom stereocenters. The maximum absolute atomic E-state index is 14.1. The van der Waals surface area contributed by atoms with Gasteiger partial charge in [-0.2, -0.15) is 0 Å². The summed E-state index contributed by atoms with van der Waals surface area (Å²) < 4.78 is 29.1. The normalized spacial score (nSPS) is 12.9. The summed E-state index contributed by atoms with van der Waals surface area (Å²) in [6, 6.07) is 15.8. The number of anilines is 1. The number of hydrogen-bond donors (Lipinski definition) is 1. The highest BCUT2D eigenvalue weighted by atomic mass is 35.5. The molecule has 0 aromatic heterocycles. The second-order valence-corrected chi connectivity index (χ2v) is 13.1. The number of aryl methyl sites for hydroxylation is 3. The van der Waals surface area contributed by atoms with Crippen LogP contribution in [0.2, 0.25) is 10.0 Å². The number of sulfonamides is 1. The van der Waals surface area contributed by atoms with Gasteiger partial charge in [0.25, 0.3) is 10.0 Å². The quantitative estimate of drug-likeness (QED) is 0.268. The molecule has 3 rings (SSSR count). The summed E-state index contributed by atoms with van der Waals surface area (Å²) in [7, 11) is -4.16. The number of nitrogens with zero attached hydrogens (tertiary/aromatic N) is 2. The second-order valence-electron chi connectivity index (χ2n) is 10.4. The third-order valence-electron chi connectivity index (χ3n) is 6.94. The van der Waals surface area contributed by atoms with Crippen molar-refractivity contribution < 1.29 is 18.0 Å². The zero-order valence-corrected chi connectivity index (χ0v) is 26.6. The van der Waals surface area contributed by atoms with Gasteiger partial charge in [0.1, 0.15) is 12.6 Å². The van der Waals surface area contributed by atoms with Crippen molar-refractivity contribution in [1.82, 2.24) is 10.2 Å². The number of hydrogen-bond acceptors (Lipinski definition) is 4. The van der Waals surface area contributed by atoms with Crippen LogP contribution in [0.1, 0.15) is 49.4 Å². The Kier molecular flexibility index (Phi) is 10.9. The number of amides is 2. The minimum atomic E-state index is -4.16. The van der Waals surface area contributed by atoms with Crippen molar-refractivity contribution in [2.24, 2.45) is 0 Å². The number of carbonyl (C=O) groups excluding carboxylic acids is 2. The monoisotopic (exact) mass is 617 g/mol. The van der Waals surface area contributed by atoms with Crippen LogP contribution in [0.15, 0.2) is 65.6 Å². The predicted molar refractivity (Wildman–Crippen MR) is 166 cm³/mol. The molecule has 0 aliphatic heterocycles. The molecule has 0 saturated carbocycles. The highest BCUT2D eigenvalue weighted by molar-refractivity contribution is 7.92. The molecule has 0 aliphatic rings. The van der Waals surface area contributed by atoms with Crippen molar-refractivity contribution in [3.05, 3.63) is 93.0 Å². The van der Waals surface area contributed by atoms with E-state index >= 15 is 0 Å². The third kappa shape index (κ3) is 8.03. The second kappa shape index (κ2) is 13.7. The fraction of sp³-hybridized carbons (Fsp3) is 0.355. The molecule has 10 heteroatoms. The topological polar surface area (TPSA) is 86.8 Å². The summed E-state index contributed by atoms with van der Waals surface area (Å²) >= 11 is 12.9. The van der Waals surface area contributed by atoms with Crippen molar-refractivity contribution in [2.75, 3.05) is 10.8 Å². The van der Waals surface area contributed by atoms with Crippen LogP contribution in [0, 0.1) is 20.8 Å². The zero-order chi connectivity index (χ0) is 30.5. The average Bonchev–Trinajstić information content (AvgIpc) is 2.90. The Balaban J connectivity index is 2.10. The smallest absolute Gasteiger partial charge is 0.264 e. The molecule has 0 fully saturated rings. The Morgan fingerprint density at radius 1 is 0.878 bits per heavy atom. The van der Waals surface area contributed by atoms with E-state index in [-0.39, 0.29) is 23.4 Å². The number of halogens is 2. The standard InChI is InChI=1S/C31H37Cl2N3O4S/c1-7-23(5)34-31(38)24(6)35(18-27-28(32)9-8-10-29(27)33)30(37)19-36(25-16-21(3)15-22(4)17-25)41(39,40)26-13-11-20(2)12-14-26/h8-17,23-24H,7,18-19H2,1-6H3,(H,34,38)/t23-,24-/m1/s1. The van der Waals surface area contributed by atoms with Gasteiger partial charge in [0.2, 0.25) is 11.8 Å².